The first-order valence-corrected chi connectivity index (χ1v) is 10.0. The molecular formula is C19H22Cl2N4O2. The summed E-state index contributed by atoms with van der Waals surface area (Å²) in [6.07, 6.45) is 2.95. The zero-order valence-corrected chi connectivity index (χ0v) is 16.5. The van der Waals surface area contributed by atoms with Crippen LogP contribution in [0.4, 0.5) is 11.8 Å². The Hall–Kier alpha value is -1.76. The number of aromatic nitrogens is 2. The maximum Gasteiger partial charge on any atom is 0.254 e. The number of hydrogen-bond donors (Lipinski definition) is 1. The zero-order chi connectivity index (χ0) is 18.8. The highest BCUT2D eigenvalue weighted by molar-refractivity contribution is 6.42. The van der Waals surface area contributed by atoms with E-state index in [0.717, 1.165) is 50.3 Å². The number of morpholine rings is 1. The Morgan fingerprint density at radius 3 is 2.74 bits per heavy atom. The second-order valence-electron chi connectivity index (χ2n) is 6.97. The molecule has 3 heterocycles. The molecule has 4 rings (SSSR count). The molecule has 0 unspecified atom stereocenters. The second-order valence-corrected chi connectivity index (χ2v) is 7.78. The van der Waals surface area contributed by atoms with Gasteiger partial charge in [-0.05, 0) is 37.0 Å². The Balaban J connectivity index is 1.56. The van der Waals surface area contributed by atoms with Crippen molar-refractivity contribution in [3.05, 3.63) is 50.2 Å². The van der Waals surface area contributed by atoms with Gasteiger partial charge < -0.3 is 14.5 Å². The fourth-order valence-electron chi connectivity index (χ4n) is 3.79. The number of anilines is 2. The summed E-state index contributed by atoms with van der Waals surface area (Å²) in [6, 6.07) is 7.59. The van der Waals surface area contributed by atoms with Crippen LogP contribution in [0.25, 0.3) is 0 Å². The number of halogens is 2. The smallest absolute Gasteiger partial charge is 0.254 e. The number of benzene rings is 1. The second kappa shape index (κ2) is 8.09. The van der Waals surface area contributed by atoms with Crippen LogP contribution in [0.1, 0.15) is 18.4 Å². The van der Waals surface area contributed by atoms with Gasteiger partial charge in [0, 0.05) is 31.7 Å². The first-order valence-electron chi connectivity index (χ1n) is 9.25. The maximum absolute atomic E-state index is 12.2. The molecular weight excluding hydrogens is 387 g/mol. The monoisotopic (exact) mass is 408 g/mol. The number of rotatable bonds is 4. The number of nitrogens with zero attached hydrogens (tertiary/aromatic N) is 3. The van der Waals surface area contributed by atoms with Crippen LogP contribution in [0.3, 0.4) is 0 Å². The third kappa shape index (κ3) is 4.23. The summed E-state index contributed by atoms with van der Waals surface area (Å²) < 4.78 is 5.40. The Kier molecular flexibility index (Phi) is 5.57. The number of aromatic amines is 1. The van der Waals surface area contributed by atoms with Crippen molar-refractivity contribution in [1.29, 1.82) is 0 Å². The van der Waals surface area contributed by atoms with Crippen LogP contribution >= 0.6 is 23.2 Å². The largest absolute Gasteiger partial charge is 0.378 e. The fourth-order valence-corrected chi connectivity index (χ4v) is 4.11. The minimum absolute atomic E-state index is 0.123. The van der Waals surface area contributed by atoms with Gasteiger partial charge in [-0.1, -0.05) is 29.3 Å². The fraction of sp³-hybridized carbons (Fsp3) is 0.474. The number of nitrogens with one attached hydrogen (secondary N) is 1. The summed E-state index contributed by atoms with van der Waals surface area (Å²) in [7, 11) is 0. The quantitative estimate of drug-likeness (QED) is 0.841. The van der Waals surface area contributed by atoms with E-state index in [4.69, 9.17) is 32.9 Å². The summed E-state index contributed by atoms with van der Waals surface area (Å²) in [5.74, 6) is 1.36. The van der Waals surface area contributed by atoms with Gasteiger partial charge in [0.05, 0.1) is 23.3 Å². The van der Waals surface area contributed by atoms with Gasteiger partial charge >= 0.3 is 0 Å². The first-order chi connectivity index (χ1) is 13.1. The molecule has 144 valence electrons. The molecule has 0 radical (unpaired) electrons. The molecule has 2 saturated heterocycles. The summed E-state index contributed by atoms with van der Waals surface area (Å²) in [5.41, 5.74) is 1.01. The predicted molar refractivity (Wildman–Crippen MR) is 108 cm³/mol. The van der Waals surface area contributed by atoms with Crippen molar-refractivity contribution in [2.75, 3.05) is 42.6 Å². The first kappa shape index (κ1) is 18.6. The minimum Gasteiger partial charge on any atom is -0.378 e. The highest BCUT2D eigenvalue weighted by atomic mass is 35.5. The van der Waals surface area contributed by atoms with E-state index < -0.39 is 0 Å². The molecule has 0 amide bonds. The van der Waals surface area contributed by atoms with Gasteiger partial charge in [-0.2, -0.15) is 4.98 Å². The minimum atomic E-state index is -0.123. The van der Waals surface area contributed by atoms with E-state index in [9.17, 15) is 4.79 Å². The Morgan fingerprint density at radius 1 is 1.15 bits per heavy atom. The summed E-state index contributed by atoms with van der Waals surface area (Å²) in [5, 5.41) is 1.13. The van der Waals surface area contributed by atoms with Gasteiger partial charge in [0.1, 0.15) is 5.82 Å². The lowest BCUT2D eigenvalue weighted by Gasteiger charge is -2.30. The van der Waals surface area contributed by atoms with Crippen molar-refractivity contribution < 1.29 is 4.74 Å². The highest BCUT2D eigenvalue weighted by Gasteiger charge is 2.27. The van der Waals surface area contributed by atoms with Crippen LogP contribution in [0.5, 0.6) is 0 Å². The van der Waals surface area contributed by atoms with E-state index in [0.29, 0.717) is 29.2 Å². The lowest BCUT2D eigenvalue weighted by molar-refractivity contribution is 0.122. The third-order valence-electron chi connectivity index (χ3n) is 5.16. The number of ether oxygens (including phenoxy) is 1. The van der Waals surface area contributed by atoms with Gasteiger partial charge in [-0.3, -0.25) is 9.78 Å². The van der Waals surface area contributed by atoms with E-state index in [-0.39, 0.29) is 11.6 Å². The van der Waals surface area contributed by atoms with Crippen LogP contribution in [-0.2, 0) is 11.2 Å². The average molecular weight is 409 g/mol. The van der Waals surface area contributed by atoms with Crippen molar-refractivity contribution in [3.63, 3.8) is 0 Å². The van der Waals surface area contributed by atoms with Crippen molar-refractivity contribution >= 4 is 35.0 Å². The van der Waals surface area contributed by atoms with Crippen LogP contribution in [-0.4, -0.2) is 48.9 Å². The Labute approximate surface area is 168 Å². The molecule has 0 saturated carbocycles. The molecule has 1 atom stereocenters. The Morgan fingerprint density at radius 2 is 1.96 bits per heavy atom. The van der Waals surface area contributed by atoms with Gasteiger partial charge in [0.25, 0.3) is 5.56 Å². The third-order valence-corrected chi connectivity index (χ3v) is 5.89. The molecule has 1 N–H and O–H groups in total. The predicted octanol–water partition coefficient (Wildman–Crippen LogP) is 3.12. The molecule has 6 nitrogen and oxygen atoms in total. The standard InChI is InChI=1S/C19H22Cl2N4O2/c20-15-4-3-13(11-16(15)21)10-14-2-1-5-25(14)19-22-17(12-18(26)23-19)24-6-8-27-9-7-24/h3-4,11-12,14H,1-2,5-10H2,(H,22,23,26)/t14-/m1/s1. The number of hydrogen-bond acceptors (Lipinski definition) is 5. The molecule has 2 aliphatic heterocycles. The van der Waals surface area contributed by atoms with E-state index in [2.05, 4.69) is 14.8 Å². The van der Waals surface area contributed by atoms with Crippen molar-refractivity contribution in [3.8, 4) is 0 Å². The summed E-state index contributed by atoms with van der Waals surface area (Å²) in [4.78, 5) is 24.2. The van der Waals surface area contributed by atoms with Crippen molar-refractivity contribution in [2.45, 2.75) is 25.3 Å². The van der Waals surface area contributed by atoms with E-state index in [1.54, 1.807) is 6.07 Å². The van der Waals surface area contributed by atoms with Gasteiger partial charge in [-0.25, -0.2) is 0 Å². The van der Waals surface area contributed by atoms with Gasteiger partial charge in [-0.15, -0.1) is 0 Å². The molecule has 2 fully saturated rings. The SMILES string of the molecule is O=c1cc(N2CCOCC2)nc(N2CCC[C@@H]2Cc2ccc(Cl)c(Cl)c2)[nH]1. The van der Waals surface area contributed by atoms with Crippen molar-refractivity contribution in [2.24, 2.45) is 0 Å². The van der Waals surface area contributed by atoms with E-state index in [1.165, 1.54) is 0 Å². The summed E-state index contributed by atoms with van der Waals surface area (Å²) in [6.45, 7) is 3.70. The normalized spacial score (nSPS) is 20.3. The van der Waals surface area contributed by atoms with Gasteiger partial charge in [0.2, 0.25) is 5.95 Å². The molecule has 27 heavy (non-hydrogen) atoms. The topological polar surface area (TPSA) is 61.5 Å². The van der Waals surface area contributed by atoms with Crippen molar-refractivity contribution in [1.82, 2.24) is 9.97 Å². The maximum atomic E-state index is 12.2. The Bertz CT molecular complexity index is 867. The molecule has 2 aromatic rings. The average Bonchev–Trinajstić information content (AvgIpc) is 3.13. The number of H-pyrrole nitrogens is 1. The van der Waals surface area contributed by atoms with Crippen LogP contribution in [0.15, 0.2) is 29.1 Å². The van der Waals surface area contributed by atoms with E-state index >= 15 is 0 Å². The lowest BCUT2D eigenvalue weighted by atomic mass is 10.0. The molecule has 1 aromatic heterocycles. The molecule has 1 aromatic carbocycles. The van der Waals surface area contributed by atoms with Crippen LogP contribution in [0.2, 0.25) is 10.0 Å². The summed E-state index contributed by atoms with van der Waals surface area (Å²) >= 11 is 12.2. The van der Waals surface area contributed by atoms with Gasteiger partial charge in [0.15, 0.2) is 0 Å². The molecule has 2 aliphatic rings. The van der Waals surface area contributed by atoms with E-state index in [1.807, 2.05) is 18.2 Å². The molecule has 8 heteroatoms. The zero-order valence-electron chi connectivity index (χ0n) is 15.0. The van der Waals surface area contributed by atoms with Crippen LogP contribution in [0, 0.1) is 0 Å². The molecule has 0 aliphatic carbocycles. The molecule has 0 spiro atoms. The molecule has 0 bridgehead atoms. The van der Waals surface area contributed by atoms with Crippen LogP contribution < -0.4 is 15.4 Å². The lowest BCUT2D eigenvalue weighted by Crippen LogP contribution is -2.39. The highest BCUT2D eigenvalue weighted by Crippen LogP contribution is 2.28.